The molecule has 8 rings (SSSR count). The molecule has 0 unspecified atom stereocenters. The number of pyridine rings is 1. The highest BCUT2D eigenvalue weighted by atomic mass is 32.2. The predicted octanol–water partition coefficient (Wildman–Crippen LogP) is 4.64. The van der Waals surface area contributed by atoms with E-state index in [1.807, 2.05) is 24.3 Å². The van der Waals surface area contributed by atoms with Crippen LogP contribution in [-0.4, -0.2) is 53.4 Å². The number of hydrogen-bond donors (Lipinski definition) is 0. The second-order valence-electron chi connectivity index (χ2n) is 10.9. The highest BCUT2D eigenvalue weighted by Gasteiger charge is 2.73. The number of ether oxygens (including phenoxy) is 3. The van der Waals surface area contributed by atoms with Crippen LogP contribution < -0.4 is 15.2 Å². The van der Waals surface area contributed by atoms with Crippen LogP contribution in [0, 0.1) is 11.6 Å². The molecule has 5 aliphatic rings. The van der Waals surface area contributed by atoms with Gasteiger partial charge in [-0.25, -0.2) is 18.0 Å². The lowest BCUT2D eigenvalue weighted by molar-refractivity contribution is -0.214. The van der Waals surface area contributed by atoms with Crippen molar-refractivity contribution in [3.63, 3.8) is 0 Å². The van der Waals surface area contributed by atoms with Crippen LogP contribution in [0.2, 0.25) is 0 Å². The van der Waals surface area contributed by atoms with Crippen molar-refractivity contribution in [1.82, 2.24) is 9.58 Å². The SMILES string of the molecule is COC(=O)OCOc1c2n(ccc1=O)N([C@@H]1c3ccccc3SCc3c1ccc(F)c3F)CN(C13CC(F)(C1)C3)C2=O. The van der Waals surface area contributed by atoms with Crippen molar-refractivity contribution < 1.29 is 37.0 Å². The van der Waals surface area contributed by atoms with Gasteiger partial charge in [-0.2, -0.15) is 0 Å². The number of fused-ring (bicyclic) bond motifs is 3. The number of hydrogen-bond acceptors (Lipinski definition) is 8. The number of benzene rings is 2. The average Bonchev–Trinajstić information content (AvgIpc) is 3.11. The van der Waals surface area contributed by atoms with Crippen molar-refractivity contribution in [2.24, 2.45) is 0 Å². The van der Waals surface area contributed by atoms with E-state index in [9.17, 15) is 23.2 Å². The minimum absolute atomic E-state index is 0.0228. The summed E-state index contributed by atoms with van der Waals surface area (Å²) in [6.07, 6.45) is 0.846. The van der Waals surface area contributed by atoms with Crippen molar-refractivity contribution in [2.75, 3.05) is 25.6 Å². The fraction of sp³-hybridized carbons (Fsp3) is 0.345. The second kappa shape index (κ2) is 9.45. The first-order valence-electron chi connectivity index (χ1n) is 13.2. The number of carbonyl (C=O) groups is 2. The van der Waals surface area contributed by atoms with Crippen molar-refractivity contribution in [1.29, 1.82) is 0 Å². The minimum atomic E-state index is -1.33. The van der Waals surface area contributed by atoms with Crippen LogP contribution in [0.15, 0.2) is 58.4 Å². The number of carbonyl (C=O) groups excluding carboxylic acids is 2. The third-order valence-corrected chi connectivity index (χ3v) is 9.63. The van der Waals surface area contributed by atoms with E-state index in [4.69, 9.17) is 9.47 Å². The first kappa shape index (κ1) is 26.7. The summed E-state index contributed by atoms with van der Waals surface area (Å²) in [6, 6.07) is 10.5. The Morgan fingerprint density at radius 2 is 1.83 bits per heavy atom. The number of thioether (sulfide) groups is 1. The summed E-state index contributed by atoms with van der Waals surface area (Å²) < 4.78 is 60.7. The lowest BCUT2D eigenvalue weighted by Crippen LogP contribution is -2.79. The third-order valence-electron chi connectivity index (χ3n) is 8.51. The number of aromatic nitrogens is 1. The smallest absolute Gasteiger partial charge is 0.451 e. The highest BCUT2D eigenvalue weighted by molar-refractivity contribution is 7.98. The molecule has 3 heterocycles. The first-order chi connectivity index (χ1) is 20.1. The van der Waals surface area contributed by atoms with Gasteiger partial charge >= 0.3 is 6.16 Å². The maximum Gasteiger partial charge on any atom is 0.510 e. The van der Waals surface area contributed by atoms with E-state index in [0.29, 0.717) is 5.56 Å². The summed E-state index contributed by atoms with van der Waals surface area (Å²) in [5, 5.41) is 1.77. The standard InChI is InChI=1S/C29H24F3N3O6S/c1-39-27(38)41-15-40-25-20(36)8-9-34-24(25)26(37)33(29-11-28(32,12-29)13-29)14-35(34)23-16-6-7-19(30)22(31)18(16)10-42-21-5-3-2-4-17(21)23/h2-9,23H,10-15H2,1H3/t23-,28?,29?/m0/s1. The molecule has 0 saturated heterocycles. The Hall–Kier alpha value is -4.13. The molecule has 1 amide bonds. The number of alkyl halides is 1. The Kier molecular flexibility index (Phi) is 6.02. The van der Waals surface area contributed by atoms with Crippen molar-refractivity contribution in [2.45, 2.75) is 47.2 Å². The normalized spacial score (nSPS) is 25.2. The molecular weight excluding hydrogens is 575 g/mol. The van der Waals surface area contributed by atoms with Crippen molar-refractivity contribution in [3.05, 3.63) is 92.9 Å². The van der Waals surface area contributed by atoms with Crippen LogP contribution in [0.5, 0.6) is 5.75 Å². The van der Waals surface area contributed by atoms with Crippen LogP contribution >= 0.6 is 11.8 Å². The van der Waals surface area contributed by atoms with E-state index in [1.165, 1.54) is 39.7 Å². The largest absolute Gasteiger partial charge is 0.510 e. The third kappa shape index (κ3) is 3.89. The van der Waals surface area contributed by atoms with Gasteiger partial charge in [-0.15, -0.1) is 11.8 Å². The molecule has 3 saturated carbocycles. The first-order valence-corrected chi connectivity index (χ1v) is 14.2. The Morgan fingerprint density at radius 3 is 2.57 bits per heavy atom. The number of rotatable bonds is 5. The van der Waals surface area contributed by atoms with Gasteiger partial charge in [-0.05, 0) is 23.3 Å². The van der Waals surface area contributed by atoms with Gasteiger partial charge in [0.05, 0.1) is 18.7 Å². The number of halogens is 3. The van der Waals surface area contributed by atoms with Crippen molar-refractivity contribution in [3.8, 4) is 5.75 Å². The molecule has 1 aromatic heterocycles. The van der Waals surface area contributed by atoms with E-state index in [-0.39, 0.29) is 48.7 Å². The number of nitrogens with zero attached hydrogens (tertiary/aromatic N) is 3. The van der Waals surface area contributed by atoms with Gasteiger partial charge in [0.25, 0.3) is 5.91 Å². The van der Waals surface area contributed by atoms with Gasteiger partial charge in [-0.1, -0.05) is 24.3 Å². The van der Waals surface area contributed by atoms with Crippen LogP contribution in [0.25, 0.3) is 0 Å². The maximum absolute atomic E-state index is 15.3. The lowest BCUT2D eigenvalue weighted by atomic mass is 9.46. The van der Waals surface area contributed by atoms with Crippen LogP contribution in [0.4, 0.5) is 18.0 Å². The fourth-order valence-corrected chi connectivity index (χ4v) is 7.73. The molecule has 13 heteroatoms. The summed E-state index contributed by atoms with van der Waals surface area (Å²) in [6.45, 7) is -0.730. The Morgan fingerprint density at radius 1 is 1.07 bits per heavy atom. The van der Waals surface area contributed by atoms with Gasteiger partial charge in [0.2, 0.25) is 18.0 Å². The van der Waals surface area contributed by atoms with E-state index in [2.05, 4.69) is 4.74 Å². The van der Waals surface area contributed by atoms with E-state index in [1.54, 1.807) is 5.01 Å². The number of amides is 1. The molecule has 0 N–H and O–H groups in total. The minimum Gasteiger partial charge on any atom is -0.451 e. The maximum atomic E-state index is 15.3. The van der Waals surface area contributed by atoms with E-state index >= 15 is 4.39 Å². The summed E-state index contributed by atoms with van der Waals surface area (Å²) >= 11 is 1.37. The van der Waals surface area contributed by atoms with Crippen LogP contribution in [-0.2, 0) is 15.2 Å². The molecule has 2 aromatic carbocycles. The molecule has 9 nitrogen and oxygen atoms in total. The molecule has 3 fully saturated rings. The van der Waals surface area contributed by atoms with Gasteiger partial charge in [-0.3, -0.25) is 19.3 Å². The van der Waals surface area contributed by atoms with E-state index in [0.717, 1.165) is 23.6 Å². The predicted molar refractivity (Wildman–Crippen MR) is 144 cm³/mol. The molecule has 0 radical (unpaired) electrons. The van der Waals surface area contributed by atoms with Crippen molar-refractivity contribution >= 4 is 23.8 Å². The molecule has 3 aromatic rings. The zero-order valence-corrected chi connectivity index (χ0v) is 23.1. The Labute approximate surface area is 241 Å². The van der Waals surface area contributed by atoms with Crippen LogP contribution in [0.3, 0.4) is 0 Å². The molecule has 2 aliphatic heterocycles. The average molecular weight is 600 g/mol. The molecule has 3 aliphatic carbocycles. The highest BCUT2D eigenvalue weighted by Crippen LogP contribution is 2.66. The lowest BCUT2D eigenvalue weighted by Gasteiger charge is -2.70. The Balaban J connectivity index is 1.41. The summed E-state index contributed by atoms with van der Waals surface area (Å²) in [7, 11) is 1.11. The fourth-order valence-electron chi connectivity index (χ4n) is 6.62. The molecule has 42 heavy (non-hydrogen) atoms. The molecular formula is C29H24F3N3O6S. The number of methoxy groups -OCH3 is 1. The molecule has 2 bridgehead atoms. The van der Waals surface area contributed by atoms with Gasteiger partial charge in [0.1, 0.15) is 12.3 Å². The van der Waals surface area contributed by atoms with Gasteiger partial charge in [0, 0.05) is 47.7 Å². The Bertz CT molecular complexity index is 1690. The summed E-state index contributed by atoms with van der Waals surface area (Å²) in [5.41, 5.74) is -1.43. The summed E-state index contributed by atoms with van der Waals surface area (Å²) in [4.78, 5) is 41.0. The second-order valence-corrected chi connectivity index (χ2v) is 12.0. The molecule has 218 valence electrons. The topological polar surface area (TPSA) is 90.3 Å². The summed E-state index contributed by atoms with van der Waals surface area (Å²) in [5.74, 6) is -2.68. The van der Waals surface area contributed by atoms with Crippen LogP contribution in [0.1, 0.15) is 52.5 Å². The zero-order valence-electron chi connectivity index (χ0n) is 22.3. The quantitative estimate of drug-likeness (QED) is 0.310. The van der Waals surface area contributed by atoms with Gasteiger partial charge in [0.15, 0.2) is 17.3 Å². The zero-order chi connectivity index (χ0) is 29.4. The molecule has 0 spiro atoms. The van der Waals surface area contributed by atoms with Gasteiger partial charge < -0.3 is 19.1 Å². The monoisotopic (exact) mass is 599 g/mol. The van der Waals surface area contributed by atoms with E-state index < -0.39 is 53.2 Å². The molecule has 1 atom stereocenters.